The van der Waals surface area contributed by atoms with Gasteiger partial charge in [-0.25, -0.2) is 0 Å². The number of allylic oxidation sites excluding steroid dienone is 4. The highest BCUT2D eigenvalue weighted by molar-refractivity contribution is 7.63. The first-order valence-electron chi connectivity index (χ1n) is 5.17. The van der Waals surface area contributed by atoms with Crippen LogP contribution in [0.25, 0.3) is 0 Å². The quantitative estimate of drug-likeness (QED) is 0.475. The van der Waals surface area contributed by atoms with Crippen molar-refractivity contribution in [1.29, 1.82) is 0 Å². The van der Waals surface area contributed by atoms with Gasteiger partial charge in [-0.1, -0.05) is 18.7 Å². The number of carboxylic acids is 1. The van der Waals surface area contributed by atoms with Gasteiger partial charge in [-0.15, -0.1) is 0 Å². The van der Waals surface area contributed by atoms with Crippen molar-refractivity contribution in [3.63, 3.8) is 0 Å². The van der Waals surface area contributed by atoms with E-state index in [1.165, 1.54) is 26.2 Å². The van der Waals surface area contributed by atoms with Crippen LogP contribution < -0.4 is 11.5 Å². The van der Waals surface area contributed by atoms with Gasteiger partial charge in [0.25, 0.3) is 0 Å². The molecule has 0 aliphatic rings. The average Bonchev–Trinajstić information content (AvgIpc) is 2.34. The lowest BCUT2D eigenvalue weighted by molar-refractivity contribution is -0.138. The SMILES string of the molecule is C=C/C=C\C(N)=C(/C)P(=O)(C[C@H](N)C(=O)O)OC. The minimum atomic E-state index is -3.33. The molecule has 0 fully saturated rings. The van der Waals surface area contributed by atoms with E-state index in [9.17, 15) is 9.36 Å². The lowest BCUT2D eigenvalue weighted by atomic mass is 10.3. The molecule has 1 unspecified atom stereocenters. The molecule has 0 bridgehead atoms. The van der Waals surface area contributed by atoms with Crippen LogP contribution in [0.15, 0.2) is 35.8 Å². The molecule has 0 saturated carbocycles. The molecule has 0 aromatic rings. The maximum absolute atomic E-state index is 12.4. The summed E-state index contributed by atoms with van der Waals surface area (Å²) in [7, 11) is -2.09. The number of hydrogen-bond donors (Lipinski definition) is 3. The number of carboxylic acid groups (broad SMARTS) is 1. The van der Waals surface area contributed by atoms with Crippen molar-refractivity contribution < 1.29 is 19.0 Å². The molecule has 0 radical (unpaired) electrons. The van der Waals surface area contributed by atoms with Crippen LogP contribution in [-0.4, -0.2) is 30.4 Å². The summed E-state index contributed by atoms with van der Waals surface area (Å²) in [5.41, 5.74) is 11.3. The molecule has 7 heteroatoms. The Balaban J connectivity index is 5.28. The third-order valence-electron chi connectivity index (χ3n) is 2.39. The second kappa shape index (κ2) is 7.16. The van der Waals surface area contributed by atoms with Gasteiger partial charge in [0.1, 0.15) is 6.04 Å². The Morgan fingerprint density at radius 2 is 2.17 bits per heavy atom. The van der Waals surface area contributed by atoms with Gasteiger partial charge in [0.15, 0.2) is 0 Å². The second-order valence-electron chi connectivity index (χ2n) is 3.62. The minimum absolute atomic E-state index is 0.248. The number of carbonyl (C=O) groups is 1. The highest BCUT2D eigenvalue weighted by Crippen LogP contribution is 2.55. The highest BCUT2D eigenvalue weighted by Gasteiger charge is 2.31. The molecule has 0 saturated heterocycles. The van der Waals surface area contributed by atoms with Crippen molar-refractivity contribution in [3.05, 3.63) is 35.8 Å². The van der Waals surface area contributed by atoms with Crippen molar-refractivity contribution in [2.45, 2.75) is 13.0 Å². The van der Waals surface area contributed by atoms with E-state index in [-0.39, 0.29) is 11.9 Å². The van der Waals surface area contributed by atoms with E-state index in [0.29, 0.717) is 5.31 Å². The van der Waals surface area contributed by atoms with Gasteiger partial charge in [0, 0.05) is 18.1 Å². The number of rotatable bonds is 7. The monoisotopic (exact) mass is 274 g/mol. The standard InChI is InChI=1S/C11H19N2O4P/c1-4-5-6-9(12)8(2)18(16,17-3)7-10(13)11(14)15/h4-6,10H,1,7,12-13H2,2-3H3,(H,14,15)/b6-5-,9-8-/t10-,18?/m0/s1. The van der Waals surface area contributed by atoms with Crippen LogP contribution in [0.5, 0.6) is 0 Å². The molecule has 6 nitrogen and oxygen atoms in total. The predicted molar refractivity (Wildman–Crippen MR) is 71.3 cm³/mol. The van der Waals surface area contributed by atoms with Gasteiger partial charge in [-0.3, -0.25) is 9.36 Å². The first-order valence-corrected chi connectivity index (χ1v) is 6.98. The number of hydrogen-bond acceptors (Lipinski definition) is 5. The zero-order valence-corrected chi connectivity index (χ0v) is 11.4. The molecule has 0 aliphatic carbocycles. The fraction of sp³-hybridized carbons (Fsp3) is 0.364. The molecular formula is C11H19N2O4P. The summed E-state index contributed by atoms with van der Waals surface area (Å²) in [5.74, 6) is -1.24. The number of aliphatic carboxylic acids is 1. The van der Waals surface area contributed by atoms with Gasteiger partial charge in [0.2, 0.25) is 7.37 Å². The van der Waals surface area contributed by atoms with E-state index in [1.54, 1.807) is 6.08 Å². The third-order valence-corrected chi connectivity index (χ3v) is 5.13. The second-order valence-corrected chi connectivity index (χ2v) is 6.37. The van der Waals surface area contributed by atoms with Crippen LogP contribution in [0.3, 0.4) is 0 Å². The fourth-order valence-corrected chi connectivity index (χ4v) is 3.01. The zero-order valence-electron chi connectivity index (χ0n) is 10.5. The summed E-state index contributed by atoms with van der Waals surface area (Å²) in [6.07, 6.45) is 4.31. The van der Waals surface area contributed by atoms with Crippen molar-refractivity contribution in [3.8, 4) is 0 Å². The Labute approximate surface area is 106 Å². The summed E-state index contributed by atoms with van der Waals surface area (Å²) < 4.78 is 17.4. The minimum Gasteiger partial charge on any atom is -0.480 e. The smallest absolute Gasteiger partial charge is 0.321 e. The van der Waals surface area contributed by atoms with Crippen LogP contribution in [0.1, 0.15) is 6.92 Å². The highest BCUT2D eigenvalue weighted by atomic mass is 31.2. The average molecular weight is 274 g/mol. The van der Waals surface area contributed by atoms with E-state index < -0.39 is 19.4 Å². The summed E-state index contributed by atoms with van der Waals surface area (Å²) in [6, 6.07) is -1.26. The van der Waals surface area contributed by atoms with Gasteiger partial charge in [-0.2, -0.15) is 0 Å². The zero-order chi connectivity index (χ0) is 14.3. The van der Waals surface area contributed by atoms with Crippen LogP contribution in [0.4, 0.5) is 0 Å². The van der Waals surface area contributed by atoms with E-state index in [1.807, 2.05) is 0 Å². The van der Waals surface area contributed by atoms with Crippen molar-refractivity contribution in [2.75, 3.05) is 13.3 Å². The maximum Gasteiger partial charge on any atom is 0.321 e. The topological polar surface area (TPSA) is 116 Å². The van der Waals surface area contributed by atoms with Crippen LogP contribution in [-0.2, 0) is 13.9 Å². The summed E-state index contributed by atoms with van der Waals surface area (Å²) in [6.45, 7) is 5.01. The molecular weight excluding hydrogens is 255 g/mol. The van der Waals surface area contributed by atoms with Gasteiger partial charge < -0.3 is 21.1 Å². The van der Waals surface area contributed by atoms with Gasteiger partial charge in [0.05, 0.1) is 6.16 Å². The molecule has 0 aromatic heterocycles. The molecule has 0 aliphatic heterocycles. The van der Waals surface area contributed by atoms with Crippen molar-refractivity contribution >= 4 is 13.3 Å². The normalized spacial score (nSPS) is 17.9. The molecule has 5 N–H and O–H groups in total. The van der Waals surface area contributed by atoms with Crippen molar-refractivity contribution in [1.82, 2.24) is 0 Å². The lowest BCUT2D eigenvalue weighted by Gasteiger charge is -2.20. The first kappa shape index (κ1) is 16.6. The van der Waals surface area contributed by atoms with Gasteiger partial charge in [-0.05, 0) is 13.0 Å². The Morgan fingerprint density at radius 1 is 1.61 bits per heavy atom. The largest absolute Gasteiger partial charge is 0.480 e. The Bertz CT molecular complexity index is 429. The third kappa shape index (κ3) is 4.49. The molecule has 0 aromatic carbocycles. The first-order chi connectivity index (χ1) is 8.28. The molecule has 0 heterocycles. The van der Waals surface area contributed by atoms with E-state index in [2.05, 4.69) is 6.58 Å². The number of nitrogens with two attached hydrogens (primary N) is 2. The molecule has 18 heavy (non-hydrogen) atoms. The van der Waals surface area contributed by atoms with E-state index in [4.69, 9.17) is 21.1 Å². The lowest BCUT2D eigenvalue weighted by Crippen LogP contribution is -2.34. The summed E-state index contributed by atoms with van der Waals surface area (Å²) >= 11 is 0. The molecule has 2 atom stereocenters. The summed E-state index contributed by atoms with van der Waals surface area (Å²) in [4.78, 5) is 10.7. The van der Waals surface area contributed by atoms with E-state index >= 15 is 0 Å². The van der Waals surface area contributed by atoms with Crippen LogP contribution in [0.2, 0.25) is 0 Å². The maximum atomic E-state index is 12.4. The predicted octanol–water partition coefficient (Wildman–Crippen LogP) is 1.26. The molecule has 0 amide bonds. The van der Waals surface area contributed by atoms with E-state index in [0.717, 1.165) is 0 Å². The molecule has 0 spiro atoms. The molecule has 0 rings (SSSR count). The Hall–Kier alpha value is -1.36. The molecule has 102 valence electrons. The summed E-state index contributed by atoms with van der Waals surface area (Å²) in [5, 5.41) is 9.02. The van der Waals surface area contributed by atoms with Gasteiger partial charge >= 0.3 is 5.97 Å². The van der Waals surface area contributed by atoms with Crippen LogP contribution in [0, 0.1) is 0 Å². The Morgan fingerprint density at radius 3 is 2.56 bits per heavy atom. The fourth-order valence-electron chi connectivity index (χ4n) is 1.17. The Kier molecular flexibility index (Phi) is 6.62. The van der Waals surface area contributed by atoms with Crippen LogP contribution >= 0.6 is 7.37 Å². The van der Waals surface area contributed by atoms with Crippen molar-refractivity contribution in [2.24, 2.45) is 11.5 Å².